The number of amides is 2. The lowest BCUT2D eigenvalue weighted by molar-refractivity contribution is -0.192. The number of carbonyl (C=O) groups is 2. The Morgan fingerprint density at radius 3 is 2.38 bits per heavy atom. The highest BCUT2D eigenvalue weighted by molar-refractivity contribution is 5.99. The molecule has 2 saturated heterocycles. The number of carbonyl (C=O) groups excluding carboxylic acids is 2. The Morgan fingerprint density at radius 2 is 1.65 bits per heavy atom. The molecule has 2 unspecified atom stereocenters. The summed E-state index contributed by atoms with van der Waals surface area (Å²) in [6, 6.07) is 16.3. The van der Waals surface area contributed by atoms with Crippen LogP contribution in [0.5, 0.6) is 0 Å². The summed E-state index contributed by atoms with van der Waals surface area (Å²) >= 11 is 0. The van der Waals surface area contributed by atoms with Crippen molar-refractivity contribution in [2.45, 2.75) is 82.5 Å². The number of fused-ring (bicyclic) bond motifs is 1. The number of H-pyrrole nitrogens is 1. The molecule has 3 saturated carbocycles. The summed E-state index contributed by atoms with van der Waals surface area (Å²) in [7, 11) is 0. The number of anilines is 1. The highest BCUT2D eigenvalue weighted by atomic mass is 16.5. The Labute approximate surface area is 217 Å². The van der Waals surface area contributed by atoms with Crippen LogP contribution in [0, 0.1) is 11.3 Å². The molecule has 5 fully saturated rings. The van der Waals surface area contributed by atoms with Crippen LogP contribution in [0.15, 0.2) is 48.5 Å². The van der Waals surface area contributed by atoms with Gasteiger partial charge >= 0.3 is 0 Å². The number of hydrogen-bond acceptors (Lipinski definition) is 3. The van der Waals surface area contributed by atoms with Crippen LogP contribution in [0.4, 0.5) is 5.69 Å². The SMILES string of the molecule is O=C(NC1CCCCC1)c1ccc2cc(-c3ccc(NC(=O)C45CC6CC(C4)OC(C6)C5)cc3)[nH]c2c1. The highest BCUT2D eigenvalue weighted by Crippen LogP contribution is 2.55. The molecule has 0 radical (unpaired) electrons. The zero-order chi connectivity index (χ0) is 25.0. The van der Waals surface area contributed by atoms with E-state index in [0.29, 0.717) is 17.5 Å². The summed E-state index contributed by atoms with van der Waals surface area (Å²) in [6.45, 7) is 0. The molecule has 192 valence electrons. The van der Waals surface area contributed by atoms with Crippen LogP contribution in [-0.4, -0.2) is 35.0 Å². The zero-order valence-corrected chi connectivity index (χ0v) is 21.2. The molecule has 37 heavy (non-hydrogen) atoms. The predicted molar refractivity (Wildman–Crippen MR) is 144 cm³/mol. The predicted octanol–water partition coefficient (Wildman–Crippen LogP) is 6.18. The number of benzene rings is 2. The van der Waals surface area contributed by atoms with Crippen molar-refractivity contribution < 1.29 is 14.3 Å². The molecule has 8 rings (SSSR count). The summed E-state index contributed by atoms with van der Waals surface area (Å²) < 4.78 is 6.09. The van der Waals surface area contributed by atoms with Gasteiger partial charge in [-0.3, -0.25) is 9.59 Å². The molecule has 2 atom stereocenters. The third-order valence-electron chi connectivity index (χ3n) is 9.25. The molecule has 6 nitrogen and oxygen atoms in total. The number of nitrogens with one attached hydrogen (secondary N) is 3. The van der Waals surface area contributed by atoms with E-state index in [4.69, 9.17) is 4.74 Å². The molecule has 3 aliphatic carbocycles. The maximum absolute atomic E-state index is 13.3. The topological polar surface area (TPSA) is 83.2 Å². The van der Waals surface area contributed by atoms with Crippen molar-refractivity contribution in [3.05, 3.63) is 54.1 Å². The van der Waals surface area contributed by atoms with Gasteiger partial charge in [-0.25, -0.2) is 0 Å². The molecule has 3 N–H and O–H groups in total. The first-order valence-electron chi connectivity index (χ1n) is 14.0. The highest BCUT2D eigenvalue weighted by Gasteiger charge is 2.55. The van der Waals surface area contributed by atoms with Crippen LogP contribution < -0.4 is 10.6 Å². The summed E-state index contributed by atoms with van der Waals surface area (Å²) in [4.78, 5) is 29.6. The van der Waals surface area contributed by atoms with Crippen LogP contribution in [0.3, 0.4) is 0 Å². The standard InChI is InChI=1S/C31H35N3O3/c35-29(32-23-4-2-1-3-5-23)22-7-6-21-14-27(34-28(21)15-22)20-8-10-24(11-9-20)33-30(36)31-16-19-12-25(17-31)37-26(13-19)18-31/h6-11,14-15,19,23,25-26,34H,1-5,12-13,16-18H2,(H,32,35)(H,33,36). The average molecular weight is 498 g/mol. The lowest BCUT2D eigenvalue weighted by Gasteiger charge is -2.55. The van der Waals surface area contributed by atoms with Crippen molar-refractivity contribution in [1.29, 1.82) is 0 Å². The molecular weight excluding hydrogens is 462 g/mol. The third-order valence-corrected chi connectivity index (χ3v) is 9.25. The van der Waals surface area contributed by atoms with Crippen molar-refractivity contribution in [3.63, 3.8) is 0 Å². The van der Waals surface area contributed by atoms with Crippen LogP contribution >= 0.6 is 0 Å². The minimum atomic E-state index is -0.258. The monoisotopic (exact) mass is 497 g/mol. The van der Waals surface area contributed by atoms with E-state index in [1.165, 1.54) is 19.3 Å². The average Bonchev–Trinajstić information content (AvgIpc) is 3.32. The molecular formula is C31H35N3O3. The van der Waals surface area contributed by atoms with Gasteiger partial charge in [0.1, 0.15) is 0 Å². The molecule has 5 aliphatic rings. The Hall–Kier alpha value is -3.12. The normalized spacial score (nSPS) is 28.9. The summed E-state index contributed by atoms with van der Waals surface area (Å²) in [5, 5.41) is 7.49. The molecule has 3 aromatic rings. The summed E-state index contributed by atoms with van der Waals surface area (Å²) in [6.07, 6.45) is 11.3. The van der Waals surface area contributed by atoms with Crippen LogP contribution in [0.25, 0.3) is 22.2 Å². The first kappa shape index (κ1) is 23.0. The van der Waals surface area contributed by atoms with Gasteiger partial charge in [0.2, 0.25) is 5.91 Å². The Morgan fingerprint density at radius 1 is 0.892 bits per heavy atom. The lowest BCUT2D eigenvalue weighted by atomic mass is 9.58. The second-order valence-corrected chi connectivity index (χ2v) is 11.9. The van der Waals surface area contributed by atoms with E-state index in [1.54, 1.807) is 0 Å². The molecule has 3 heterocycles. The number of hydrogen-bond donors (Lipinski definition) is 3. The van der Waals surface area contributed by atoms with E-state index >= 15 is 0 Å². The molecule has 2 amide bonds. The number of rotatable bonds is 5. The zero-order valence-electron chi connectivity index (χ0n) is 21.2. The van der Waals surface area contributed by atoms with Gasteiger partial charge < -0.3 is 20.4 Å². The molecule has 4 bridgehead atoms. The Kier molecular flexibility index (Phi) is 5.61. The lowest BCUT2D eigenvalue weighted by Crippen LogP contribution is -2.56. The molecule has 0 spiro atoms. The fraction of sp³-hybridized carbons (Fsp3) is 0.484. The van der Waals surface area contributed by atoms with E-state index in [-0.39, 0.29) is 29.4 Å². The van der Waals surface area contributed by atoms with Gasteiger partial charge in [0.25, 0.3) is 5.91 Å². The number of aromatic nitrogens is 1. The van der Waals surface area contributed by atoms with E-state index in [0.717, 1.165) is 72.8 Å². The van der Waals surface area contributed by atoms with E-state index in [2.05, 4.69) is 21.7 Å². The van der Waals surface area contributed by atoms with Gasteiger partial charge in [-0.15, -0.1) is 0 Å². The summed E-state index contributed by atoms with van der Waals surface area (Å²) in [5.74, 6) is 0.809. The first-order valence-corrected chi connectivity index (χ1v) is 14.0. The maximum Gasteiger partial charge on any atom is 0.251 e. The van der Waals surface area contributed by atoms with Crippen molar-refractivity contribution in [1.82, 2.24) is 10.3 Å². The quantitative estimate of drug-likeness (QED) is 0.393. The minimum absolute atomic E-state index is 0.00984. The van der Waals surface area contributed by atoms with Crippen molar-refractivity contribution in [2.75, 3.05) is 5.32 Å². The van der Waals surface area contributed by atoms with E-state index in [9.17, 15) is 9.59 Å². The minimum Gasteiger partial charge on any atom is -0.375 e. The van der Waals surface area contributed by atoms with E-state index in [1.807, 2.05) is 42.5 Å². The number of aromatic amines is 1. The van der Waals surface area contributed by atoms with Crippen LogP contribution in [0.1, 0.15) is 74.6 Å². The maximum atomic E-state index is 13.3. The second kappa shape index (κ2) is 9.02. The van der Waals surface area contributed by atoms with Gasteiger partial charge in [0.15, 0.2) is 0 Å². The van der Waals surface area contributed by atoms with Gasteiger partial charge in [-0.2, -0.15) is 0 Å². The molecule has 2 aromatic carbocycles. The fourth-order valence-corrected chi connectivity index (χ4v) is 7.54. The first-order chi connectivity index (χ1) is 18.0. The fourth-order valence-electron chi connectivity index (χ4n) is 7.54. The van der Waals surface area contributed by atoms with E-state index < -0.39 is 0 Å². The van der Waals surface area contributed by atoms with Crippen molar-refractivity contribution in [3.8, 4) is 11.3 Å². The smallest absolute Gasteiger partial charge is 0.251 e. The third kappa shape index (κ3) is 4.35. The van der Waals surface area contributed by atoms with Gasteiger partial charge in [-0.05, 0) is 86.8 Å². The van der Waals surface area contributed by atoms with Crippen molar-refractivity contribution >= 4 is 28.4 Å². The van der Waals surface area contributed by atoms with Gasteiger partial charge in [0, 0.05) is 33.9 Å². The molecule has 2 aliphatic heterocycles. The van der Waals surface area contributed by atoms with Crippen LogP contribution in [0.2, 0.25) is 0 Å². The van der Waals surface area contributed by atoms with Gasteiger partial charge in [-0.1, -0.05) is 37.5 Å². The van der Waals surface area contributed by atoms with Crippen LogP contribution in [-0.2, 0) is 9.53 Å². The second-order valence-electron chi connectivity index (χ2n) is 11.9. The Bertz CT molecular complexity index is 1300. The largest absolute Gasteiger partial charge is 0.375 e. The molecule has 6 heteroatoms. The molecule has 1 aromatic heterocycles. The number of ether oxygens (including phenoxy) is 1. The Balaban J connectivity index is 1.04. The van der Waals surface area contributed by atoms with Crippen molar-refractivity contribution in [2.24, 2.45) is 11.3 Å². The summed E-state index contributed by atoms with van der Waals surface area (Å²) in [5.41, 5.74) is 4.27. The van der Waals surface area contributed by atoms with Gasteiger partial charge in [0.05, 0.1) is 17.6 Å².